The third kappa shape index (κ3) is 6.58. The zero-order chi connectivity index (χ0) is 24.8. The number of piperidine rings is 1. The molecule has 0 spiro atoms. The van der Waals surface area contributed by atoms with E-state index in [1.54, 1.807) is 19.2 Å². The summed E-state index contributed by atoms with van der Waals surface area (Å²) in [6.07, 6.45) is 0.672. The number of piperazine rings is 1. The fourth-order valence-electron chi connectivity index (χ4n) is 4.79. The fourth-order valence-corrected chi connectivity index (χ4v) is 4.79. The number of hydrogen-bond donors (Lipinski definition) is 0. The van der Waals surface area contributed by atoms with Gasteiger partial charge in [-0.05, 0) is 49.0 Å². The molecule has 8 heteroatoms. The van der Waals surface area contributed by atoms with Gasteiger partial charge in [0.15, 0.2) is 0 Å². The topological polar surface area (TPSA) is 62.3 Å². The van der Waals surface area contributed by atoms with Crippen LogP contribution in [0, 0.1) is 11.7 Å². The maximum atomic E-state index is 13.4. The van der Waals surface area contributed by atoms with Crippen molar-refractivity contribution in [2.75, 3.05) is 53.4 Å². The van der Waals surface area contributed by atoms with Gasteiger partial charge >= 0.3 is 0 Å². The van der Waals surface area contributed by atoms with E-state index in [2.05, 4.69) is 11.9 Å². The lowest BCUT2D eigenvalue weighted by Gasteiger charge is -2.40. The predicted molar refractivity (Wildman–Crippen MR) is 131 cm³/mol. The second-order valence-electron chi connectivity index (χ2n) is 9.43. The average molecular weight is 484 g/mol. The highest BCUT2D eigenvalue weighted by Crippen LogP contribution is 2.28. The summed E-state index contributed by atoms with van der Waals surface area (Å²) in [6.45, 7) is 4.53. The Labute approximate surface area is 206 Å². The molecule has 2 aromatic carbocycles. The lowest BCUT2D eigenvalue weighted by atomic mass is 9.90. The molecule has 4 rings (SSSR count). The van der Waals surface area contributed by atoms with Gasteiger partial charge in [0.05, 0.1) is 6.61 Å². The third-order valence-corrected chi connectivity index (χ3v) is 6.83. The molecule has 0 N–H and O–H groups in total. The normalized spacial score (nSPS) is 21.1. The first-order chi connectivity index (χ1) is 16.9. The Hall–Kier alpha value is -2.97. The average Bonchev–Trinajstić information content (AvgIpc) is 2.86. The number of halogens is 1. The smallest absolute Gasteiger partial charge is 0.253 e. The highest BCUT2D eigenvalue weighted by atomic mass is 19.1. The standard InChI is InChI=1S/C27H34FN3O4/c1-29-12-14-30(15-13-29)26(32)17-22-18-31(27(33)21-5-3-4-20(16-21)19-34-2)11-10-25(22)35-24-8-6-23(28)7-9-24/h3-9,16,22,25H,10-15,17-19H2,1-2H3/t22-,25-/m0/s1. The molecule has 7 nitrogen and oxygen atoms in total. The monoisotopic (exact) mass is 483 g/mol. The van der Waals surface area contributed by atoms with E-state index in [4.69, 9.17) is 9.47 Å². The maximum absolute atomic E-state index is 13.4. The number of likely N-dealkylation sites (tertiary alicyclic amines) is 1. The summed E-state index contributed by atoms with van der Waals surface area (Å²) in [4.78, 5) is 32.4. The van der Waals surface area contributed by atoms with Crippen molar-refractivity contribution in [1.29, 1.82) is 0 Å². The summed E-state index contributed by atoms with van der Waals surface area (Å²) in [5, 5.41) is 0. The third-order valence-electron chi connectivity index (χ3n) is 6.83. The van der Waals surface area contributed by atoms with Crippen LogP contribution >= 0.6 is 0 Å². The van der Waals surface area contributed by atoms with Crippen molar-refractivity contribution < 1.29 is 23.5 Å². The first-order valence-corrected chi connectivity index (χ1v) is 12.2. The minimum absolute atomic E-state index is 0.0553. The van der Waals surface area contributed by atoms with Crippen LogP contribution in [0.5, 0.6) is 5.75 Å². The van der Waals surface area contributed by atoms with Crippen molar-refractivity contribution in [3.8, 4) is 5.75 Å². The molecular weight excluding hydrogens is 449 g/mol. The van der Waals surface area contributed by atoms with Crippen molar-refractivity contribution in [2.24, 2.45) is 5.92 Å². The van der Waals surface area contributed by atoms with Gasteiger partial charge in [0, 0.05) is 70.7 Å². The van der Waals surface area contributed by atoms with Crippen LogP contribution in [0.15, 0.2) is 48.5 Å². The van der Waals surface area contributed by atoms with Gasteiger partial charge in [-0.25, -0.2) is 4.39 Å². The molecule has 0 saturated carbocycles. The molecule has 2 saturated heterocycles. The van der Waals surface area contributed by atoms with E-state index in [-0.39, 0.29) is 29.7 Å². The molecule has 2 amide bonds. The number of benzene rings is 2. The molecule has 0 bridgehead atoms. The number of amides is 2. The Morgan fingerprint density at radius 2 is 1.74 bits per heavy atom. The molecule has 2 aliphatic rings. The summed E-state index contributed by atoms with van der Waals surface area (Å²) in [7, 11) is 3.68. The Bertz CT molecular complexity index is 1010. The molecule has 188 valence electrons. The molecule has 2 aromatic rings. The van der Waals surface area contributed by atoms with Crippen molar-refractivity contribution in [3.63, 3.8) is 0 Å². The summed E-state index contributed by atoms with van der Waals surface area (Å²) in [6, 6.07) is 13.4. The summed E-state index contributed by atoms with van der Waals surface area (Å²) >= 11 is 0. The van der Waals surface area contributed by atoms with Crippen molar-refractivity contribution in [2.45, 2.75) is 25.6 Å². The molecule has 0 aromatic heterocycles. The number of carbonyl (C=O) groups is 2. The van der Waals surface area contributed by atoms with Crippen LogP contribution in [0.2, 0.25) is 0 Å². The van der Waals surface area contributed by atoms with Gasteiger partial charge in [-0.2, -0.15) is 0 Å². The van der Waals surface area contributed by atoms with Crippen LogP contribution < -0.4 is 4.74 Å². The minimum atomic E-state index is -0.324. The zero-order valence-electron chi connectivity index (χ0n) is 20.5. The molecule has 2 atom stereocenters. The highest BCUT2D eigenvalue weighted by Gasteiger charge is 2.36. The molecule has 0 aliphatic carbocycles. The van der Waals surface area contributed by atoms with Crippen LogP contribution in [0.1, 0.15) is 28.8 Å². The lowest BCUT2D eigenvalue weighted by molar-refractivity contribution is -0.135. The Morgan fingerprint density at radius 1 is 1.00 bits per heavy atom. The summed E-state index contributed by atoms with van der Waals surface area (Å²) in [5.74, 6) is 0.121. The van der Waals surface area contributed by atoms with Gasteiger partial charge in [-0.3, -0.25) is 9.59 Å². The largest absolute Gasteiger partial charge is 0.490 e. The Morgan fingerprint density at radius 3 is 2.46 bits per heavy atom. The van der Waals surface area contributed by atoms with Crippen LogP contribution in [-0.2, 0) is 16.1 Å². The molecule has 2 aliphatic heterocycles. The molecule has 0 unspecified atom stereocenters. The van der Waals surface area contributed by atoms with E-state index in [9.17, 15) is 14.0 Å². The first-order valence-electron chi connectivity index (χ1n) is 12.2. The minimum Gasteiger partial charge on any atom is -0.490 e. The van der Waals surface area contributed by atoms with E-state index in [0.29, 0.717) is 56.9 Å². The molecule has 2 fully saturated rings. The van der Waals surface area contributed by atoms with E-state index < -0.39 is 0 Å². The van der Waals surface area contributed by atoms with E-state index in [1.165, 1.54) is 12.1 Å². The number of methoxy groups -OCH3 is 1. The van der Waals surface area contributed by atoms with Gasteiger partial charge < -0.3 is 24.2 Å². The van der Waals surface area contributed by atoms with Gasteiger partial charge in [0.2, 0.25) is 5.91 Å². The highest BCUT2D eigenvalue weighted by molar-refractivity contribution is 5.94. The Kier molecular flexibility index (Phi) is 8.36. The van der Waals surface area contributed by atoms with E-state index in [0.717, 1.165) is 18.7 Å². The molecular formula is C27H34FN3O4. The van der Waals surface area contributed by atoms with Crippen LogP contribution in [0.3, 0.4) is 0 Å². The van der Waals surface area contributed by atoms with Crippen LogP contribution in [0.25, 0.3) is 0 Å². The number of likely N-dealkylation sites (N-methyl/N-ethyl adjacent to an activating group) is 1. The second kappa shape index (κ2) is 11.6. The first kappa shape index (κ1) is 25.1. The van der Waals surface area contributed by atoms with Crippen LogP contribution in [0.4, 0.5) is 4.39 Å². The van der Waals surface area contributed by atoms with Gasteiger partial charge in [-0.15, -0.1) is 0 Å². The summed E-state index contributed by atoms with van der Waals surface area (Å²) in [5.41, 5.74) is 1.55. The number of rotatable bonds is 7. The zero-order valence-corrected chi connectivity index (χ0v) is 20.5. The molecule has 35 heavy (non-hydrogen) atoms. The number of hydrogen-bond acceptors (Lipinski definition) is 5. The number of nitrogens with zero attached hydrogens (tertiary/aromatic N) is 3. The van der Waals surface area contributed by atoms with Crippen molar-refractivity contribution in [3.05, 3.63) is 65.5 Å². The quantitative estimate of drug-likeness (QED) is 0.606. The van der Waals surface area contributed by atoms with Crippen LogP contribution in [-0.4, -0.2) is 86.0 Å². The van der Waals surface area contributed by atoms with Gasteiger partial charge in [-0.1, -0.05) is 12.1 Å². The molecule has 0 radical (unpaired) electrons. The second-order valence-corrected chi connectivity index (χ2v) is 9.43. The molecule has 2 heterocycles. The fraction of sp³-hybridized carbons (Fsp3) is 0.481. The number of carbonyl (C=O) groups excluding carboxylic acids is 2. The van der Waals surface area contributed by atoms with Crippen molar-refractivity contribution in [1.82, 2.24) is 14.7 Å². The van der Waals surface area contributed by atoms with Gasteiger partial charge in [0.25, 0.3) is 5.91 Å². The SMILES string of the molecule is COCc1cccc(C(=O)N2CC[C@H](Oc3ccc(F)cc3)[C@@H](CC(=O)N3CCN(C)CC3)C2)c1. The van der Waals surface area contributed by atoms with E-state index in [1.807, 2.05) is 34.1 Å². The van der Waals surface area contributed by atoms with Gasteiger partial charge in [0.1, 0.15) is 17.7 Å². The lowest BCUT2D eigenvalue weighted by Crippen LogP contribution is -2.51. The predicted octanol–water partition coefficient (Wildman–Crippen LogP) is 3.05. The van der Waals surface area contributed by atoms with E-state index >= 15 is 0 Å². The van der Waals surface area contributed by atoms with Crippen molar-refractivity contribution >= 4 is 11.8 Å². The Balaban J connectivity index is 1.48. The summed E-state index contributed by atoms with van der Waals surface area (Å²) < 4.78 is 24.8. The number of ether oxygens (including phenoxy) is 2. The maximum Gasteiger partial charge on any atom is 0.253 e.